The Balaban J connectivity index is 2.48. The summed E-state index contributed by atoms with van der Waals surface area (Å²) in [5, 5.41) is 12.9. The van der Waals surface area contributed by atoms with Gasteiger partial charge in [-0.3, -0.25) is 0 Å². The zero-order valence-corrected chi connectivity index (χ0v) is 9.56. The molecular formula is C10H7BrN4. The number of aryl methyl sites for hydroxylation is 1. The quantitative estimate of drug-likeness (QED) is 0.792. The minimum Gasteiger partial charge on any atom is -0.236 e. The third kappa shape index (κ3) is 1.90. The molecule has 0 saturated carbocycles. The van der Waals surface area contributed by atoms with Crippen LogP contribution in [0, 0.1) is 18.3 Å². The monoisotopic (exact) mass is 262 g/mol. The van der Waals surface area contributed by atoms with Gasteiger partial charge in [0.2, 0.25) is 0 Å². The topological polar surface area (TPSA) is 54.5 Å². The molecule has 5 heteroatoms. The summed E-state index contributed by atoms with van der Waals surface area (Å²) in [4.78, 5) is 4.15. The van der Waals surface area contributed by atoms with Crippen molar-refractivity contribution in [3.05, 3.63) is 40.3 Å². The van der Waals surface area contributed by atoms with Crippen LogP contribution in [0.3, 0.4) is 0 Å². The largest absolute Gasteiger partial charge is 0.236 e. The number of hydrogen-bond donors (Lipinski definition) is 0. The highest BCUT2D eigenvalue weighted by molar-refractivity contribution is 9.10. The van der Waals surface area contributed by atoms with Crippen LogP contribution in [0.2, 0.25) is 0 Å². The van der Waals surface area contributed by atoms with Gasteiger partial charge in [-0.25, -0.2) is 9.67 Å². The van der Waals surface area contributed by atoms with Crippen molar-refractivity contribution in [2.75, 3.05) is 0 Å². The molecule has 0 saturated heterocycles. The lowest BCUT2D eigenvalue weighted by molar-refractivity contribution is 0.844. The molecule has 0 atom stereocenters. The van der Waals surface area contributed by atoms with Crippen LogP contribution >= 0.6 is 15.9 Å². The molecule has 2 heterocycles. The Morgan fingerprint density at radius 1 is 1.47 bits per heavy atom. The molecule has 2 rings (SSSR count). The number of nitrogens with zero attached hydrogens (tertiary/aromatic N) is 4. The van der Waals surface area contributed by atoms with Gasteiger partial charge in [0.1, 0.15) is 6.07 Å². The van der Waals surface area contributed by atoms with E-state index in [0.717, 1.165) is 10.0 Å². The second-order valence-corrected chi connectivity index (χ2v) is 3.99. The van der Waals surface area contributed by atoms with Gasteiger partial charge in [-0.05, 0) is 34.5 Å². The predicted octanol–water partition coefficient (Wildman–Crippen LogP) is 2.21. The van der Waals surface area contributed by atoms with Crippen molar-refractivity contribution < 1.29 is 0 Å². The molecule has 0 amide bonds. The Labute approximate surface area is 95.3 Å². The Morgan fingerprint density at radius 2 is 2.27 bits per heavy atom. The number of rotatable bonds is 1. The first-order valence-electron chi connectivity index (χ1n) is 4.28. The zero-order chi connectivity index (χ0) is 10.8. The normalized spacial score (nSPS) is 9.93. The summed E-state index contributed by atoms with van der Waals surface area (Å²) >= 11 is 3.31. The molecule has 0 fully saturated rings. The predicted molar refractivity (Wildman–Crippen MR) is 58.5 cm³/mol. The second-order valence-electron chi connectivity index (χ2n) is 3.07. The first kappa shape index (κ1) is 9.87. The summed E-state index contributed by atoms with van der Waals surface area (Å²) < 4.78 is 2.55. The SMILES string of the molecule is Cc1cc(-n2cc(Br)cn2)ncc1C#N. The molecule has 2 aromatic rings. The standard InChI is InChI=1S/C10H7BrN4/c1-7-2-10(13-4-8(7)3-12)15-6-9(11)5-14-15/h2,4-6H,1H3. The van der Waals surface area contributed by atoms with Crippen molar-refractivity contribution >= 4 is 15.9 Å². The van der Waals surface area contributed by atoms with Crippen LogP contribution in [0.15, 0.2) is 29.1 Å². The van der Waals surface area contributed by atoms with Crippen LogP contribution in [0.1, 0.15) is 11.1 Å². The highest BCUT2D eigenvalue weighted by Gasteiger charge is 2.03. The molecule has 2 aromatic heterocycles. The average Bonchev–Trinajstić information content (AvgIpc) is 2.65. The van der Waals surface area contributed by atoms with E-state index in [1.54, 1.807) is 17.1 Å². The van der Waals surface area contributed by atoms with Crippen LogP contribution in [-0.2, 0) is 0 Å². The number of aromatic nitrogens is 3. The van der Waals surface area contributed by atoms with Crippen molar-refractivity contribution in [2.45, 2.75) is 6.92 Å². The highest BCUT2D eigenvalue weighted by atomic mass is 79.9. The number of halogens is 1. The summed E-state index contributed by atoms with van der Waals surface area (Å²) in [6, 6.07) is 3.91. The lowest BCUT2D eigenvalue weighted by atomic mass is 10.2. The molecule has 0 bridgehead atoms. The van der Waals surface area contributed by atoms with Crippen molar-refractivity contribution in [1.82, 2.24) is 14.8 Å². The molecule has 0 aromatic carbocycles. The van der Waals surface area contributed by atoms with E-state index in [-0.39, 0.29) is 0 Å². The lowest BCUT2D eigenvalue weighted by Gasteiger charge is -2.02. The summed E-state index contributed by atoms with van der Waals surface area (Å²) in [5.74, 6) is 0.706. The second kappa shape index (κ2) is 3.83. The fourth-order valence-electron chi connectivity index (χ4n) is 1.21. The molecule has 0 spiro atoms. The Morgan fingerprint density at radius 3 is 2.80 bits per heavy atom. The maximum atomic E-state index is 8.76. The van der Waals surface area contributed by atoms with E-state index >= 15 is 0 Å². The van der Waals surface area contributed by atoms with Gasteiger partial charge >= 0.3 is 0 Å². The molecule has 15 heavy (non-hydrogen) atoms. The molecule has 0 radical (unpaired) electrons. The van der Waals surface area contributed by atoms with E-state index in [4.69, 9.17) is 5.26 Å². The van der Waals surface area contributed by atoms with Gasteiger partial charge in [0, 0.05) is 12.4 Å². The van der Waals surface area contributed by atoms with Crippen LogP contribution in [0.25, 0.3) is 5.82 Å². The average molecular weight is 263 g/mol. The molecule has 4 nitrogen and oxygen atoms in total. The maximum Gasteiger partial charge on any atom is 0.153 e. The fraction of sp³-hybridized carbons (Fsp3) is 0.100. The molecule has 74 valence electrons. The van der Waals surface area contributed by atoms with E-state index in [9.17, 15) is 0 Å². The molecular weight excluding hydrogens is 256 g/mol. The van der Waals surface area contributed by atoms with Crippen LogP contribution < -0.4 is 0 Å². The van der Waals surface area contributed by atoms with Crippen molar-refractivity contribution in [3.63, 3.8) is 0 Å². The van der Waals surface area contributed by atoms with Gasteiger partial charge in [-0.15, -0.1) is 0 Å². The fourth-order valence-corrected chi connectivity index (χ4v) is 1.50. The smallest absolute Gasteiger partial charge is 0.153 e. The van der Waals surface area contributed by atoms with E-state index in [2.05, 4.69) is 32.1 Å². The minimum atomic E-state index is 0.588. The number of hydrogen-bond acceptors (Lipinski definition) is 3. The van der Waals surface area contributed by atoms with E-state index in [1.807, 2.05) is 19.2 Å². The van der Waals surface area contributed by atoms with Gasteiger partial charge in [-0.2, -0.15) is 10.4 Å². The third-order valence-corrected chi connectivity index (χ3v) is 2.41. The summed E-state index contributed by atoms with van der Waals surface area (Å²) in [5.41, 5.74) is 1.49. The molecule has 0 aliphatic rings. The molecule has 0 aliphatic heterocycles. The number of pyridine rings is 1. The van der Waals surface area contributed by atoms with E-state index < -0.39 is 0 Å². The Kier molecular flexibility index (Phi) is 2.52. The van der Waals surface area contributed by atoms with Gasteiger partial charge in [0.15, 0.2) is 5.82 Å². The zero-order valence-electron chi connectivity index (χ0n) is 7.98. The van der Waals surface area contributed by atoms with Gasteiger partial charge < -0.3 is 0 Å². The van der Waals surface area contributed by atoms with E-state index in [0.29, 0.717) is 11.4 Å². The maximum absolute atomic E-state index is 8.76. The Hall–Kier alpha value is -1.67. The first-order valence-corrected chi connectivity index (χ1v) is 5.07. The molecule has 0 aliphatic carbocycles. The minimum absolute atomic E-state index is 0.588. The van der Waals surface area contributed by atoms with Crippen LogP contribution in [0.5, 0.6) is 0 Å². The van der Waals surface area contributed by atoms with Gasteiger partial charge in [0.05, 0.1) is 16.2 Å². The summed E-state index contributed by atoms with van der Waals surface area (Å²) in [6.45, 7) is 1.88. The molecule has 0 N–H and O–H groups in total. The van der Waals surface area contributed by atoms with Gasteiger partial charge in [-0.1, -0.05) is 0 Å². The first-order chi connectivity index (χ1) is 7.20. The van der Waals surface area contributed by atoms with Crippen molar-refractivity contribution in [2.24, 2.45) is 0 Å². The third-order valence-electron chi connectivity index (χ3n) is 2.00. The summed E-state index contributed by atoms with van der Waals surface area (Å²) in [7, 11) is 0. The Bertz CT molecular complexity index is 539. The van der Waals surface area contributed by atoms with Crippen LogP contribution in [0.4, 0.5) is 0 Å². The van der Waals surface area contributed by atoms with Gasteiger partial charge in [0.25, 0.3) is 0 Å². The van der Waals surface area contributed by atoms with E-state index in [1.165, 1.54) is 0 Å². The summed E-state index contributed by atoms with van der Waals surface area (Å²) in [6.07, 6.45) is 5.06. The molecule has 0 unspecified atom stereocenters. The number of nitriles is 1. The van der Waals surface area contributed by atoms with Crippen LogP contribution in [-0.4, -0.2) is 14.8 Å². The van der Waals surface area contributed by atoms with Crippen molar-refractivity contribution in [1.29, 1.82) is 5.26 Å². The highest BCUT2D eigenvalue weighted by Crippen LogP contribution is 2.13. The van der Waals surface area contributed by atoms with Crippen molar-refractivity contribution in [3.8, 4) is 11.9 Å². The lowest BCUT2D eigenvalue weighted by Crippen LogP contribution is -1.99.